The first-order chi connectivity index (χ1) is 13.3. The number of hydrogen-bond acceptors (Lipinski definition) is 6. The van der Waals surface area contributed by atoms with Gasteiger partial charge in [-0.15, -0.1) is 10.2 Å². The van der Waals surface area contributed by atoms with Crippen LogP contribution in [0.2, 0.25) is 0 Å². The summed E-state index contributed by atoms with van der Waals surface area (Å²) in [5.41, 5.74) is 2.10. The van der Waals surface area contributed by atoms with Crippen LogP contribution in [0.4, 0.5) is 0 Å². The highest BCUT2D eigenvalue weighted by Gasteiger charge is 2.30. The molecule has 27 heavy (non-hydrogen) atoms. The molecular weight excluding hydrogens is 342 g/mol. The van der Waals surface area contributed by atoms with Gasteiger partial charge >= 0.3 is 0 Å². The second-order valence-corrected chi connectivity index (χ2v) is 6.60. The van der Waals surface area contributed by atoms with Crippen molar-refractivity contribution in [3.05, 3.63) is 60.0 Å². The normalized spacial score (nSPS) is 17.2. The lowest BCUT2D eigenvalue weighted by Crippen LogP contribution is -2.23. The highest BCUT2D eigenvalue weighted by molar-refractivity contribution is 5.51. The van der Waals surface area contributed by atoms with Crippen molar-refractivity contribution < 1.29 is 13.9 Å². The van der Waals surface area contributed by atoms with E-state index in [1.54, 1.807) is 14.2 Å². The van der Waals surface area contributed by atoms with Gasteiger partial charge < -0.3 is 13.9 Å². The second kappa shape index (κ2) is 7.80. The Morgan fingerprint density at radius 2 is 1.93 bits per heavy atom. The summed E-state index contributed by atoms with van der Waals surface area (Å²) >= 11 is 0. The number of ether oxygens (including phenoxy) is 2. The first-order valence-electron chi connectivity index (χ1n) is 9.12. The molecule has 4 rings (SSSR count). The predicted octanol–water partition coefficient (Wildman–Crippen LogP) is 4.09. The highest BCUT2D eigenvalue weighted by atomic mass is 16.5. The van der Waals surface area contributed by atoms with Crippen LogP contribution in [-0.2, 0) is 6.54 Å². The Balaban J connectivity index is 1.54. The van der Waals surface area contributed by atoms with Gasteiger partial charge in [0.1, 0.15) is 11.5 Å². The summed E-state index contributed by atoms with van der Waals surface area (Å²) < 4.78 is 16.8. The zero-order valence-corrected chi connectivity index (χ0v) is 15.6. The zero-order valence-electron chi connectivity index (χ0n) is 15.6. The summed E-state index contributed by atoms with van der Waals surface area (Å²) in [7, 11) is 3.36. The van der Waals surface area contributed by atoms with Crippen LogP contribution in [0.5, 0.6) is 11.5 Å². The third kappa shape index (κ3) is 3.66. The SMILES string of the molecule is COc1ccc(C2CCCN2Cc2nnc(-c3ccccc3)o2)c(OC)c1. The van der Waals surface area contributed by atoms with Crippen LogP contribution in [0.1, 0.15) is 30.3 Å². The minimum absolute atomic E-state index is 0.262. The Morgan fingerprint density at radius 1 is 1.07 bits per heavy atom. The van der Waals surface area contributed by atoms with Gasteiger partial charge in [0.2, 0.25) is 11.8 Å². The van der Waals surface area contributed by atoms with Gasteiger partial charge in [0.05, 0.1) is 20.8 Å². The first-order valence-corrected chi connectivity index (χ1v) is 9.12. The van der Waals surface area contributed by atoms with E-state index >= 15 is 0 Å². The summed E-state index contributed by atoms with van der Waals surface area (Å²) in [6.45, 7) is 1.61. The Labute approximate surface area is 158 Å². The largest absolute Gasteiger partial charge is 0.497 e. The molecule has 1 aliphatic rings. The van der Waals surface area contributed by atoms with Gasteiger partial charge in [-0.25, -0.2) is 0 Å². The van der Waals surface area contributed by atoms with Gasteiger partial charge in [-0.3, -0.25) is 4.90 Å². The van der Waals surface area contributed by atoms with Gasteiger partial charge in [0, 0.05) is 23.2 Å². The summed E-state index contributed by atoms with van der Waals surface area (Å²) in [6.07, 6.45) is 2.20. The maximum absolute atomic E-state index is 5.89. The number of methoxy groups -OCH3 is 2. The highest BCUT2D eigenvalue weighted by Crippen LogP contribution is 2.39. The molecule has 1 aliphatic heterocycles. The van der Waals surface area contributed by atoms with E-state index in [1.807, 2.05) is 42.5 Å². The molecule has 2 heterocycles. The fourth-order valence-corrected chi connectivity index (χ4v) is 3.65. The lowest BCUT2D eigenvalue weighted by molar-refractivity contribution is 0.220. The predicted molar refractivity (Wildman–Crippen MR) is 102 cm³/mol. The van der Waals surface area contributed by atoms with Crippen molar-refractivity contribution in [3.8, 4) is 23.0 Å². The van der Waals surface area contributed by atoms with Crippen molar-refractivity contribution in [1.82, 2.24) is 15.1 Å². The summed E-state index contributed by atoms with van der Waals surface area (Å²) in [5.74, 6) is 2.84. The topological polar surface area (TPSA) is 60.6 Å². The van der Waals surface area contributed by atoms with Crippen molar-refractivity contribution in [2.45, 2.75) is 25.4 Å². The Kier molecular flexibility index (Phi) is 5.07. The van der Waals surface area contributed by atoms with Gasteiger partial charge in [0.15, 0.2) is 0 Å². The molecule has 1 aromatic heterocycles. The zero-order chi connectivity index (χ0) is 18.6. The number of benzene rings is 2. The Bertz CT molecular complexity index is 895. The number of rotatable bonds is 6. The van der Waals surface area contributed by atoms with Crippen molar-refractivity contribution in [1.29, 1.82) is 0 Å². The van der Waals surface area contributed by atoms with Crippen LogP contribution in [0.25, 0.3) is 11.5 Å². The summed E-state index contributed by atoms with van der Waals surface area (Å²) in [5, 5.41) is 8.44. The van der Waals surface area contributed by atoms with Crippen molar-refractivity contribution in [2.24, 2.45) is 0 Å². The Morgan fingerprint density at radius 3 is 2.70 bits per heavy atom. The van der Waals surface area contributed by atoms with Crippen molar-refractivity contribution in [2.75, 3.05) is 20.8 Å². The first kappa shape index (κ1) is 17.5. The molecule has 1 fully saturated rings. The molecule has 0 radical (unpaired) electrons. The van der Waals surface area contributed by atoms with Crippen LogP contribution in [0.3, 0.4) is 0 Å². The fourth-order valence-electron chi connectivity index (χ4n) is 3.65. The molecule has 0 amide bonds. The molecule has 3 aromatic rings. The molecule has 1 atom stereocenters. The van der Waals surface area contributed by atoms with Crippen LogP contribution < -0.4 is 9.47 Å². The maximum Gasteiger partial charge on any atom is 0.247 e. The van der Waals surface area contributed by atoms with Crippen LogP contribution in [-0.4, -0.2) is 35.9 Å². The van der Waals surface area contributed by atoms with Gasteiger partial charge in [-0.1, -0.05) is 24.3 Å². The van der Waals surface area contributed by atoms with Crippen LogP contribution in [0.15, 0.2) is 52.9 Å². The number of hydrogen-bond donors (Lipinski definition) is 0. The van der Waals surface area contributed by atoms with Gasteiger partial charge in [-0.05, 0) is 37.6 Å². The second-order valence-electron chi connectivity index (χ2n) is 6.60. The third-order valence-corrected chi connectivity index (χ3v) is 4.99. The minimum Gasteiger partial charge on any atom is -0.497 e. The van der Waals surface area contributed by atoms with E-state index in [1.165, 1.54) is 5.56 Å². The third-order valence-electron chi connectivity index (χ3n) is 4.99. The van der Waals surface area contributed by atoms with E-state index in [4.69, 9.17) is 13.9 Å². The Hall–Kier alpha value is -2.86. The van der Waals surface area contributed by atoms with E-state index in [2.05, 4.69) is 21.2 Å². The number of nitrogens with zero attached hydrogens (tertiary/aromatic N) is 3. The molecule has 140 valence electrons. The minimum atomic E-state index is 0.262. The smallest absolute Gasteiger partial charge is 0.247 e. The molecule has 0 N–H and O–H groups in total. The molecule has 0 aliphatic carbocycles. The molecule has 1 saturated heterocycles. The lowest BCUT2D eigenvalue weighted by atomic mass is 10.0. The number of likely N-dealkylation sites (tertiary alicyclic amines) is 1. The molecule has 0 saturated carbocycles. The van der Waals surface area contributed by atoms with E-state index in [-0.39, 0.29) is 6.04 Å². The number of aromatic nitrogens is 2. The standard InChI is InChI=1S/C21H23N3O3/c1-25-16-10-11-17(19(13-16)26-2)18-9-6-12-24(18)14-20-22-23-21(27-20)15-7-4-3-5-8-15/h3-5,7-8,10-11,13,18H,6,9,12,14H2,1-2H3. The molecular formula is C21H23N3O3. The molecule has 0 bridgehead atoms. The monoisotopic (exact) mass is 365 g/mol. The summed E-state index contributed by atoms with van der Waals surface area (Å²) in [4.78, 5) is 2.37. The fraction of sp³-hybridized carbons (Fsp3) is 0.333. The average molecular weight is 365 g/mol. The van der Waals surface area contributed by atoms with Gasteiger partial charge in [-0.2, -0.15) is 0 Å². The van der Waals surface area contributed by atoms with Crippen LogP contribution in [0, 0.1) is 0 Å². The summed E-state index contributed by atoms with van der Waals surface area (Å²) in [6, 6.07) is 16.1. The van der Waals surface area contributed by atoms with E-state index in [0.717, 1.165) is 36.4 Å². The van der Waals surface area contributed by atoms with Crippen LogP contribution >= 0.6 is 0 Å². The molecule has 1 unspecified atom stereocenters. The maximum atomic E-state index is 5.89. The van der Waals surface area contributed by atoms with Gasteiger partial charge in [0.25, 0.3) is 0 Å². The quantitative estimate of drug-likeness (QED) is 0.656. The van der Waals surface area contributed by atoms with E-state index in [9.17, 15) is 0 Å². The molecule has 6 heteroatoms. The molecule has 0 spiro atoms. The van der Waals surface area contributed by atoms with Crippen molar-refractivity contribution in [3.63, 3.8) is 0 Å². The van der Waals surface area contributed by atoms with E-state index < -0.39 is 0 Å². The lowest BCUT2D eigenvalue weighted by Gasteiger charge is -2.25. The van der Waals surface area contributed by atoms with Crippen molar-refractivity contribution >= 4 is 0 Å². The molecule has 2 aromatic carbocycles. The van der Waals surface area contributed by atoms with E-state index in [0.29, 0.717) is 18.3 Å². The molecule has 6 nitrogen and oxygen atoms in total. The average Bonchev–Trinajstić information content (AvgIpc) is 3.38.